The van der Waals surface area contributed by atoms with Crippen molar-refractivity contribution in [3.05, 3.63) is 0 Å². The molecule has 0 heterocycles. The van der Waals surface area contributed by atoms with Crippen molar-refractivity contribution in [2.45, 2.75) is 39.2 Å². The van der Waals surface area contributed by atoms with E-state index in [1.165, 1.54) is 0 Å². The first-order valence-corrected chi connectivity index (χ1v) is 5.67. The lowest BCUT2D eigenvalue weighted by molar-refractivity contribution is -0.128. The molecule has 0 aliphatic rings. The first-order valence-electron chi connectivity index (χ1n) is 5.13. The van der Waals surface area contributed by atoms with Gasteiger partial charge in [-0.2, -0.15) is 0 Å². The van der Waals surface area contributed by atoms with Gasteiger partial charge in [0.1, 0.15) is 6.04 Å². The molecule has 0 saturated heterocycles. The van der Waals surface area contributed by atoms with Crippen molar-refractivity contribution < 1.29 is 9.59 Å². The average Bonchev–Trinajstić information content (AvgIpc) is 2.13. The highest BCUT2D eigenvalue weighted by atomic mass is 35.5. The van der Waals surface area contributed by atoms with Crippen LogP contribution < -0.4 is 11.1 Å². The number of unbranched alkanes of at least 4 members (excludes halogenated alkanes) is 1. The molecule has 0 aliphatic carbocycles. The molecule has 0 aromatic rings. The van der Waals surface area contributed by atoms with Crippen LogP contribution in [0.25, 0.3) is 0 Å². The number of rotatable bonds is 7. The zero-order valence-electron chi connectivity index (χ0n) is 9.25. The Bertz CT molecular complexity index is 219. The van der Waals surface area contributed by atoms with Gasteiger partial charge in [-0.1, -0.05) is 13.8 Å². The maximum atomic E-state index is 11.4. The number of nitrogens with one attached hydrogen (secondary N) is 1. The van der Waals surface area contributed by atoms with Crippen LogP contribution in [0.2, 0.25) is 0 Å². The number of carbonyl (C=O) groups excluding carboxylic acids is 2. The molecule has 0 aromatic carbocycles. The molecular formula is C10H19ClN2O2. The molecule has 0 radical (unpaired) electrons. The molecule has 0 aromatic heterocycles. The summed E-state index contributed by atoms with van der Waals surface area (Å²) in [7, 11) is 0. The summed E-state index contributed by atoms with van der Waals surface area (Å²) in [4.78, 5) is 22.4. The van der Waals surface area contributed by atoms with Crippen LogP contribution in [0.15, 0.2) is 0 Å². The molecule has 4 nitrogen and oxygen atoms in total. The largest absolute Gasteiger partial charge is 0.368 e. The number of alkyl halides is 1. The molecule has 88 valence electrons. The molecule has 2 amide bonds. The first-order chi connectivity index (χ1) is 6.99. The van der Waals surface area contributed by atoms with Gasteiger partial charge in [0.05, 0.1) is 0 Å². The van der Waals surface area contributed by atoms with Crippen LogP contribution in [0.1, 0.15) is 33.1 Å². The fourth-order valence-electron chi connectivity index (χ4n) is 1.19. The van der Waals surface area contributed by atoms with Crippen LogP contribution in [0.5, 0.6) is 0 Å². The van der Waals surface area contributed by atoms with Gasteiger partial charge in [-0.25, -0.2) is 0 Å². The van der Waals surface area contributed by atoms with Crippen LogP contribution in [0, 0.1) is 5.92 Å². The second-order valence-electron chi connectivity index (χ2n) is 3.84. The van der Waals surface area contributed by atoms with Gasteiger partial charge < -0.3 is 11.1 Å². The number of hydrogen-bond donors (Lipinski definition) is 2. The second kappa shape index (κ2) is 7.51. The zero-order valence-corrected chi connectivity index (χ0v) is 10.0. The van der Waals surface area contributed by atoms with Crippen molar-refractivity contribution in [1.29, 1.82) is 0 Å². The van der Waals surface area contributed by atoms with Crippen LogP contribution in [-0.4, -0.2) is 23.7 Å². The second-order valence-corrected chi connectivity index (χ2v) is 4.22. The summed E-state index contributed by atoms with van der Waals surface area (Å²) in [6, 6.07) is -0.575. The summed E-state index contributed by atoms with van der Waals surface area (Å²) in [5, 5.41) is 2.62. The van der Waals surface area contributed by atoms with Gasteiger partial charge in [-0.15, -0.1) is 11.6 Å². The van der Waals surface area contributed by atoms with Crippen molar-refractivity contribution in [3.63, 3.8) is 0 Å². The smallest absolute Gasteiger partial charge is 0.240 e. The Kier molecular flexibility index (Phi) is 7.13. The summed E-state index contributed by atoms with van der Waals surface area (Å²) in [6.07, 6.45) is 1.93. The number of hydrogen-bond acceptors (Lipinski definition) is 2. The van der Waals surface area contributed by atoms with E-state index in [1.807, 2.05) is 13.8 Å². The Morgan fingerprint density at radius 3 is 2.33 bits per heavy atom. The number of carbonyl (C=O) groups is 2. The maximum Gasteiger partial charge on any atom is 0.240 e. The average molecular weight is 235 g/mol. The molecule has 1 unspecified atom stereocenters. The standard InChI is InChI=1S/C10H19ClN2O2/c1-7(2)9(10(12)15)13-8(14)5-3-4-6-11/h7,9H,3-6H2,1-2H3,(H2,12,15)(H,13,14). The highest BCUT2D eigenvalue weighted by Crippen LogP contribution is 2.03. The van der Waals surface area contributed by atoms with Gasteiger partial charge in [0.25, 0.3) is 0 Å². The van der Waals surface area contributed by atoms with Crippen molar-refractivity contribution in [3.8, 4) is 0 Å². The third-order valence-electron chi connectivity index (χ3n) is 2.08. The van der Waals surface area contributed by atoms with Crippen LogP contribution in [-0.2, 0) is 9.59 Å². The Morgan fingerprint density at radius 2 is 1.93 bits per heavy atom. The number of nitrogens with two attached hydrogens (primary N) is 1. The normalized spacial score (nSPS) is 12.5. The Hall–Kier alpha value is -0.770. The van der Waals surface area contributed by atoms with Crippen LogP contribution in [0.3, 0.4) is 0 Å². The lowest BCUT2D eigenvalue weighted by Crippen LogP contribution is -2.47. The van der Waals surface area contributed by atoms with Gasteiger partial charge in [0, 0.05) is 12.3 Å². The highest BCUT2D eigenvalue weighted by Gasteiger charge is 2.20. The minimum atomic E-state index is -0.575. The number of halogens is 1. The zero-order chi connectivity index (χ0) is 11.8. The molecular weight excluding hydrogens is 216 g/mol. The molecule has 0 bridgehead atoms. The molecule has 5 heteroatoms. The molecule has 0 aliphatic heterocycles. The number of primary amides is 1. The monoisotopic (exact) mass is 234 g/mol. The van der Waals surface area contributed by atoms with E-state index in [0.717, 1.165) is 12.8 Å². The molecule has 0 saturated carbocycles. The Balaban J connectivity index is 3.95. The molecule has 0 fully saturated rings. The highest BCUT2D eigenvalue weighted by molar-refractivity contribution is 6.17. The van der Waals surface area contributed by atoms with Crippen molar-refractivity contribution >= 4 is 23.4 Å². The molecule has 0 rings (SSSR count). The minimum absolute atomic E-state index is 0.0134. The van der Waals surface area contributed by atoms with Gasteiger partial charge in [0.2, 0.25) is 11.8 Å². The lowest BCUT2D eigenvalue weighted by atomic mass is 10.0. The first kappa shape index (κ1) is 14.2. The fourth-order valence-corrected chi connectivity index (χ4v) is 1.38. The predicted molar refractivity (Wildman–Crippen MR) is 60.5 cm³/mol. The van der Waals surface area contributed by atoms with Gasteiger partial charge in [-0.3, -0.25) is 9.59 Å². The molecule has 3 N–H and O–H groups in total. The third-order valence-corrected chi connectivity index (χ3v) is 2.34. The van der Waals surface area contributed by atoms with Gasteiger partial charge >= 0.3 is 0 Å². The predicted octanol–water partition coefficient (Wildman–Crippen LogP) is 1.02. The minimum Gasteiger partial charge on any atom is -0.368 e. The van der Waals surface area contributed by atoms with E-state index in [0.29, 0.717) is 12.3 Å². The third kappa shape index (κ3) is 6.33. The lowest BCUT2D eigenvalue weighted by Gasteiger charge is -2.18. The summed E-state index contributed by atoms with van der Waals surface area (Å²) in [5.41, 5.74) is 5.17. The SMILES string of the molecule is CC(C)C(NC(=O)CCCCCl)C(N)=O. The van der Waals surface area contributed by atoms with Crippen LogP contribution in [0.4, 0.5) is 0 Å². The van der Waals surface area contributed by atoms with Gasteiger partial charge in [-0.05, 0) is 18.8 Å². The van der Waals surface area contributed by atoms with Crippen molar-refractivity contribution in [2.75, 3.05) is 5.88 Å². The van der Waals surface area contributed by atoms with E-state index >= 15 is 0 Å². The summed E-state index contributed by atoms with van der Waals surface area (Å²) in [6.45, 7) is 3.68. The van der Waals surface area contributed by atoms with E-state index < -0.39 is 11.9 Å². The van der Waals surface area contributed by atoms with E-state index in [4.69, 9.17) is 17.3 Å². The van der Waals surface area contributed by atoms with Crippen molar-refractivity contribution in [1.82, 2.24) is 5.32 Å². The summed E-state index contributed by atoms with van der Waals surface area (Å²) >= 11 is 5.49. The summed E-state index contributed by atoms with van der Waals surface area (Å²) in [5.74, 6) is -0.0655. The maximum absolute atomic E-state index is 11.4. The molecule has 1 atom stereocenters. The summed E-state index contributed by atoms with van der Waals surface area (Å²) < 4.78 is 0. The topological polar surface area (TPSA) is 72.2 Å². The van der Waals surface area contributed by atoms with Crippen molar-refractivity contribution in [2.24, 2.45) is 11.7 Å². The Labute approximate surface area is 95.5 Å². The van der Waals surface area contributed by atoms with E-state index in [2.05, 4.69) is 5.32 Å². The fraction of sp³-hybridized carbons (Fsp3) is 0.800. The van der Waals surface area contributed by atoms with E-state index in [1.54, 1.807) is 0 Å². The number of amides is 2. The quantitative estimate of drug-likeness (QED) is 0.510. The Morgan fingerprint density at radius 1 is 1.33 bits per heavy atom. The van der Waals surface area contributed by atoms with E-state index in [-0.39, 0.29) is 11.8 Å². The van der Waals surface area contributed by atoms with Gasteiger partial charge in [0.15, 0.2) is 0 Å². The van der Waals surface area contributed by atoms with Crippen LogP contribution >= 0.6 is 11.6 Å². The molecule has 15 heavy (non-hydrogen) atoms. The van der Waals surface area contributed by atoms with E-state index in [9.17, 15) is 9.59 Å². The molecule has 0 spiro atoms.